The average Bonchev–Trinajstić information content (AvgIpc) is 3.10. The number of hydrogen-bond donors (Lipinski definition) is 2. The maximum absolute atomic E-state index is 12.2. The summed E-state index contributed by atoms with van der Waals surface area (Å²) in [6.07, 6.45) is 4.27. The molecule has 0 aliphatic carbocycles. The Kier molecular flexibility index (Phi) is 5.52. The molecule has 1 aromatic rings. The first kappa shape index (κ1) is 15.7. The van der Waals surface area contributed by atoms with Gasteiger partial charge in [-0.15, -0.1) is 11.3 Å². The molecule has 1 amide bonds. The molecule has 21 heavy (non-hydrogen) atoms. The van der Waals surface area contributed by atoms with Crippen LogP contribution in [-0.4, -0.2) is 29.7 Å². The fraction of sp³-hybridized carbons (Fsp3) is 0.467. The van der Waals surface area contributed by atoms with Gasteiger partial charge in [-0.05, 0) is 35.9 Å². The summed E-state index contributed by atoms with van der Waals surface area (Å²) in [4.78, 5) is 23.7. The largest absolute Gasteiger partial charge is 0.478 e. The van der Waals surface area contributed by atoms with Crippen LogP contribution in [0, 0.1) is 5.92 Å². The molecule has 114 valence electrons. The minimum atomic E-state index is -0.981. The average molecular weight is 309 g/mol. The van der Waals surface area contributed by atoms with Gasteiger partial charge in [0.25, 0.3) is 0 Å². The normalized spacial score (nSPS) is 21.8. The van der Waals surface area contributed by atoms with Crippen molar-refractivity contribution in [3.05, 3.63) is 28.0 Å². The summed E-state index contributed by atoms with van der Waals surface area (Å²) >= 11 is 1.50. The highest BCUT2D eigenvalue weighted by molar-refractivity contribution is 7.10. The molecule has 1 aromatic heterocycles. The van der Waals surface area contributed by atoms with Crippen LogP contribution in [-0.2, 0) is 20.9 Å². The maximum Gasteiger partial charge on any atom is 0.328 e. The van der Waals surface area contributed by atoms with Crippen LogP contribution < -0.4 is 5.32 Å². The number of carbonyl (C=O) groups is 2. The molecule has 0 spiro atoms. The van der Waals surface area contributed by atoms with Gasteiger partial charge in [0, 0.05) is 17.6 Å². The highest BCUT2D eigenvalue weighted by Crippen LogP contribution is 2.24. The summed E-state index contributed by atoms with van der Waals surface area (Å²) in [7, 11) is 0. The zero-order chi connectivity index (χ0) is 15.2. The van der Waals surface area contributed by atoms with E-state index in [4.69, 9.17) is 9.84 Å². The van der Waals surface area contributed by atoms with Crippen LogP contribution in [0.5, 0.6) is 0 Å². The van der Waals surface area contributed by atoms with Crippen LogP contribution in [0.15, 0.2) is 17.5 Å². The van der Waals surface area contributed by atoms with Crippen molar-refractivity contribution < 1.29 is 19.4 Å². The second-order valence-corrected chi connectivity index (χ2v) is 5.90. The van der Waals surface area contributed by atoms with Gasteiger partial charge in [-0.25, -0.2) is 4.79 Å². The lowest BCUT2D eigenvalue weighted by Gasteiger charge is -2.16. The van der Waals surface area contributed by atoms with Crippen LogP contribution in [0.4, 0.5) is 0 Å². The molecule has 1 aliphatic rings. The number of hydrogen-bond acceptors (Lipinski definition) is 4. The molecule has 1 fully saturated rings. The molecule has 1 saturated heterocycles. The van der Waals surface area contributed by atoms with E-state index < -0.39 is 5.97 Å². The van der Waals surface area contributed by atoms with Crippen molar-refractivity contribution in [2.75, 3.05) is 6.61 Å². The Labute approximate surface area is 127 Å². The standard InChI is InChI=1S/C15H19NO4S/c1-2-12-11(5-7-20-12)15(19)16-9-13-10(6-8-21-13)3-4-14(17)18/h3-4,6,8,11-12H,2,5,7,9H2,1H3,(H,16,19)(H,17,18)/b4-3+. The number of ether oxygens (including phenoxy) is 1. The van der Waals surface area contributed by atoms with Gasteiger partial charge in [-0.2, -0.15) is 0 Å². The Balaban J connectivity index is 1.93. The van der Waals surface area contributed by atoms with Crippen molar-refractivity contribution in [1.82, 2.24) is 5.32 Å². The molecule has 2 rings (SSSR count). The minimum absolute atomic E-state index is 0.0136. The molecular weight excluding hydrogens is 290 g/mol. The van der Waals surface area contributed by atoms with E-state index in [1.807, 2.05) is 18.4 Å². The van der Waals surface area contributed by atoms with Gasteiger partial charge in [0.05, 0.1) is 18.6 Å². The molecular formula is C15H19NO4S. The maximum atomic E-state index is 12.2. The first-order chi connectivity index (χ1) is 10.1. The SMILES string of the molecule is CCC1OCCC1C(=O)NCc1sccc1/C=C/C(=O)O. The van der Waals surface area contributed by atoms with E-state index in [0.29, 0.717) is 13.2 Å². The molecule has 1 aliphatic heterocycles. The van der Waals surface area contributed by atoms with Crippen molar-refractivity contribution in [2.24, 2.45) is 5.92 Å². The van der Waals surface area contributed by atoms with E-state index >= 15 is 0 Å². The van der Waals surface area contributed by atoms with Crippen LogP contribution in [0.2, 0.25) is 0 Å². The van der Waals surface area contributed by atoms with Gasteiger partial charge >= 0.3 is 5.97 Å². The fourth-order valence-corrected chi connectivity index (χ4v) is 3.26. The summed E-state index contributed by atoms with van der Waals surface area (Å²) in [5.74, 6) is -1.04. The number of thiophene rings is 1. The second-order valence-electron chi connectivity index (χ2n) is 4.90. The predicted molar refractivity (Wildman–Crippen MR) is 81.0 cm³/mol. The number of amides is 1. The molecule has 0 saturated carbocycles. The topological polar surface area (TPSA) is 75.6 Å². The fourth-order valence-electron chi connectivity index (χ4n) is 2.45. The van der Waals surface area contributed by atoms with E-state index in [0.717, 1.165) is 29.4 Å². The van der Waals surface area contributed by atoms with E-state index in [1.54, 1.807) is 6.08 Å². The lowest BCUT2D eigenvalue weighted by atomic mass is 9.99. The first-order valence-corrected chi connectivity index (χ1v) is 7.86. The molecule has 2 unspecified atom stereocenters. The van der Waals surface area contributed by atoms with E-state index in [9.17, 15) is 9.59 Å². The lowest BCUT2D eigenvalue weighted by Crippen LogP contribution is -2.34. The highest BCUT2D eigenvalue weighted by Gasteiger charge is 2.32. The highest BCUT2D eigenvalue weighted by atomic mass is 32.1. The predicted octanol–water partition coefficient (Wildman–Crippen LogP) is 2.28. The minimum Gasteiger partial charge on any atom is -0.478 e. The molecule has 5 nitrogen and oxygen atoms in total. The number of carbonyl (C=O) groups excluding carboxylic acids is 1. The monoisotopic (exact) mass is 309 g/mol. The van der Waals surface area contributed by atoms with Gasteiger partial charge in [-0.1, -0.05) is 6.92 Å². The van der Waals surface area contributed by atoms with E-state index in [-0.39, 0.29) is 17.9 Å². The molecule has 0 bridgehead atoms. The zero-order valence-corrected chi connectivity index (χ0v) is 12.7. The Morgan fingerprint density at radius 1 is 1.57 bits per heavy atom. The summed E-state index contributed by atoms with van der Waals surface area (Å²) in [6, 6.07) is 1.85. The first-order valence-electron chi connectivity index (χ1n) is 6.98. The molecule has 0 aromatic carbocycles. The number of aliphatic carboxylic acids is 1. The van der Waals surface area contributed by atoms with Crippen LogP contribution in [0.3, 0.4) is 0 Å². The van der Waals surface area contributed by atoms with Gasteiger partial charge in [0.15, 0.2) is 0 Å². The third-order valence-electron chi connectivity index (χ3n) is 3.56. The van der Waals surface area contributed by atoms with Crippen molar-refractivity contribution >= 4 is 29.3 Å². The summed E-state index contributed by atoms with van der Waals surface area (Å²) < 4.78 is 5.53. The van der Waals surface area contributed by atoms with Crippen LogP contribution >= 0.6 is 11.3 Å². The van der Waals surface area contributed by atoms with Gasteiger partial charge in [0.1, 0.15) is 0 Å². The van der Waals surface area contributed by atoms with E-state index in [2.05, 4.69) is 5.32 Å². The quantitative estimate of drug-likeness (QED) is 0.791. The number of carboxylic acids is 1. The van der Waals surface area contributed by atoms with Gasteiger partial charge < -0.3 is 15.2 Å². The third kappa shape index (κ3) is 4.15. The Morgan fingerprint density at radius 3 is 3.10 bits per heavy atom. The van der Waals surface area contributed by atoms with Crippen LogP contribution in [0.1, 0.15) is 30.2 Å². The number of rotatable bonds is 6. The van der Waals surface area contributed by atoms with Gasteiger partial charge in [-0.3, -0.25) is 4.79 Å². The molecule has 0 radical (unpaired) electrons. The number of nitrogens with one attached hydrogen (secondary N) is 1. The lowest BCUT2D eigenvalue weighted by molar-refractivity contribution is -0.131. The van der Waals surface area contributed by atoms with Crippen molar-refractivity contribution in [2.45, 2.75) is 32.4 Å². The molecule has 2 heterocycles. The Morgan fingerprint density at radius 2 is 2.38 bits per heavy atom. The summed E-state index contributed by atoms with van der Waals surface area (Å²) in [5.41, 5.74) is 0.831. The van der Waals surface area contributed by atoms with Crippen molar-refractivity contribution in [3.63, 3.8) is 0 Å². The van der Waals surface area contributed by atoms with Crippen LogP contribution in [0.25, 0.3) is 6.08 Å². The Hall–Kier alpha value is -1.66. The Bertz CT molecular complexity index is 538. The van der Waals surface area contributed by atoms with E-state index in [1.165, 1.54) is 11.3 Å². The summed E-state index contributed by atoms with van der Waals surface area (Å²) in [6.45, 7) is 3.08. The molecule has 2 N–H and O–H groups in total. The smallest absolute Gasteiger partial charge is 0.328 e. The number of carboxylic acid groups (broad SMARTS) is 1. The molecule has 2 atom stereocenters. The molecule has 6 heteroatoms. The van der Waals surface area contributed by atoms with Gasteiger partial charge in [0.2, 0.25) is 5.91 Å². The second kappa shape index (κ2) is 7.38. The zero-order valence-electron chi connectivity index (χ0n) is 11.9. The van der Waals surface area contributed by atoms with Crippen molar-refractivity contribution in [3.8, 4) is 0 Å². The third-order valence-corrected chi connectivity index (χ3v) is 4.49. The van der Waals surface area contributed by atoms with Crippen molar-refractivity contribution in [1.29, 1.82) is 0 Å². The summed E-state index contributed by atoms with van der Waals surface area (Å²) in [5, 5.41) is 13.5.